The topological polar surface area (TPSA) is 35.2 Å². The van der Waals surface area contributed by atoms with Crippen LogP contribution in [0.15, 0.2) is 42.5 Å². The summed E-state index contributed by atoms with van der Waals surface area (Å²) in [6.45, 7) is 1.87. The van der Waals surface area contributed by atoms with Gasteiger partial charge < -0.3 is 10.5 Å². The number of halogens is 2. The number of hydrogen-bond acceptors (Lipinski definition) is 2. The first kappa shape index (κ1) is 14.5. The Bertz CT molecular complexity index is 549. The average Bonchev–Trinajstić information content (AvgIpc) is 2.46. The van der Waals surface area contributed by atoms with Gasteiger partial charge in [-0.15, -0.1) is 0 Å². The van der Waals surface area contributed by atoms with Crippen molar-refractivity contribution in [3.05, 3.63) is 65.2 Å². The van der Waals surface area contributed by atoms with E-state index in [2.05, 4.69) is 0 Å². The molecular weight excluding hydrogens is 260 g/mol. The van der Waals surface area contributed by atoms with Crippen LogP contribution in [-0.2, 0) is 6.61 Å². The zero-order valence-corrected chi connectivity index (χ0v) is 11.3. The molecule has 106 valence electrons. The molecule has 0 aliphatic heterocycles. The fourth-order valence-electron chi connectivity index (χ4n) is 1.87. The van der Waals surface area contributed by atoms with E-state index in [-0.39, 0.29) is 18.2 Å². The highest BCUT2D eigenvalue weighted by Gasteiger charge is 2.09. The monoisotopic (exact) mass is 277 g/mol. The average molecular weight is 277 g/mol. The van der Waals surface area contributed by atoms with Crippen LogP contribution in [0.3, 0.4) is 0 Å². The van der Waals surface area contributed by atoms with Crippen molar-refractivity contribution in [2.45, 2.75) is 26.0 Å². The third kappa shape index (κ3) is 3.33. The molecule has 0 radical (unpaired) electrons. The van der Waals surface area contributed by atoms with E-state index in [1.807, 2.05) is 19.1 Å². The first-order valence-electron chi connectivity index (χ1n) is 6.53. The molecule has 0 bridgehead atoms. The quantitative estimate of drug-likeness (QED) is 0.898. The lowest BCUT2D eigenvalue weighted by atomic mass is 10.1. The minimum absolute atomic E-state index is 0.00642. The Labute approximate surface area is 117 Å². The van der Waals surface area contributed by atoms with Gasteiger partial charge in [-0.1, -0.05) is 25.1 Å². The summed E-state index contributed by atoms with van der Waals surface area (Å²) in [5.41, 5.74) is 6.85. The lowest BCUT2D eigenvalue weighted by Gasteiger charge is -2.11. The number of rotatable bonds is 5. The molecular formula is C16H17F2NO. The summed E-state index contributed by atoms with van der Waals surface area (Å²) >= 11 is 0. The van der Waals surface area contributed by atoms with Crippen molar-refractivity contribution < 1.29 is 13.5 Å². The van der Waals surface area contributed by atoms with Crippen LogP contribution in [0.2, 0.25) is 0 Å². The Morgan fingerprint density at radius 2 is 1.65 bits per heavy atom. The Hall–Kier alpha value is -1.94. The van der Waals surface area contributed by atoms with Gasteiger partial charge in [0, 0.05) is 6.04 Å². The summed E-state index contributed by atoms with van der Waals surface area (Å²) in [5, 5.41) is 0. The molecule has 1 unspecified atom stereocenters. The van der Waals surface area contributed by atoms with Crippen molar-refractivity contribution in [1.29, 1.82) is 0 Å². The second kappa shape index (κ2) is 6.48. The summed E-state index contributed by atoms with van der Waals surface area (Å²) in [6, 6.07) is 11.0. The van der Waals surface area contributed by atoms with Gasteiger partial charge in [-0.25, -0.2) is 8.78 Å². The molecule has 0 heterocycles. The summed E-state index contributed by atoms with van der Waals surface area (Å²) in [6.07, 6.45) is 0.848. The van der Waals surface area contributed by atoms with E-state index in [1.165, 1.54) is 18.2 Å². The molecule has 2 rings (SSSR count). The van der Waals surface area contributed by atoms with Crippen LogP contribution in [0.25, 0.3) is 0 Å². The molecule has 0 saturated heterocycles. The van der Waals surface area contributed by atoms with E-state index < -0.39 is 11.6 Å². The fraction of sp³-hybridized carbons (Fsp3) is 0.250. The Morgan fingerprint density at radius 1 is 1.05 bits per heavy atom. The largest absolute Gasteiger partial charge is 0.489 e. The molecule has 20 heavy (non-hydrogen) atoms. The van der Waals surface area contributed by atoms with Gasteiger partial charge in [0.25, 0.3) is 0 Å². The van der Waals surface area contributed by atoms with Gasteiger partial charge >= 0.3 is 0 Å². The van der Waals surface area contributed by atoms with E-state index in [4.69, 9.17) is 10.5 Å². The second-order valence-electron chi connectivity index (χ2n) is 4.57. The molecule has 0 saturated carbocycles. The summed E-state index contributed by atoms with van der Waals surface area (Å²) in [4.78, 5) is 0. The van der Waals surface area contributed by atoms with Gasteiger partial charge in [0.05, 0.1) is 5.56 Å². The van der Waals surface area contributed by atoms with Gasteiger partial charge in [-0.3, -0.25) is 0 Å². The molecule has 0 aromatic heterocycles. The van der Waals surface area contributed by atoms with Gasteiger partial charge in [-0.05, 0) is 36.2 Å². The van der Waals surface area contributed by atoms with E-state index in [0.29, 0.717) is 5.75 Å². The molecule has 1 atom stereocenters. The molecule has 0 aliphatic rings. The molecule has 0 fully saturated rings. The summed E-state index contributed by atoms with van der Waals surface area (Å²) in [5.74, 6) is -0.649. The summed E-state index contributed by atoms with van der Waals surface area (Å²) in [7, 11) is 0. The third-order valence-corrected chi connectivity index (χ3v) is 3.19. The van der Waals surface area contributed by atoms with Crippen molar-refractivity contribution in [3.8, 4) is 5.75 Å². The zero-order valence-electron chi connectivity index (χ0n) is 11.3. The lowest BCUT2D eigenvalue weighted by Crippen LogP contribution is -2.08. The maximum absolute atomic E-state index is 13.4. The zero-order chi connectivity index (χ0) is 14.5. The number of hydrogen-bond donors (Lipinski definition) is 1. The van der Waals surface area contributed by atoms with Crippen molar-refractivity contribution in [1.82, 2.24) is 0 Å². The molecule has 0 aliphatic carbocycles. The highest BCUT2D eigenvalue weighted by Crippen LogP contribution is 2.20. The minimum atomic E-state index is -0.602. The first-order valence-corrected chi connectivity index (χ1v) is 6.53. The van der Waals surface area contributed by atoms with Crippen molar-refractivity contribution in [2.24, 2.45) is 5.73 Å². The van der Waals surface area contributed by atoms with Crippen LogP contribution in [0.4, 0.5) is 8.78 Å². The SMILES string of the molecule is CCC(N)c1ccc(OCc2c(F)cccc2F)cc1. The molecule has 2 aromatic rings. The smallest absolute Gasteiger partial charge is 0.132 e. The van der Waals surface area contributed by atoms with Crippen LogP contribution in [0.5, 0.6) is 5.75 Å². The molecule has 0 spiro atoms. The van der Waals surface area contributed by atoms with Gasteiger partial charge in [-0.2, -0.15) is 0 Å². The van der Waals surface area contributed by atoms with Crippen LogP contribution in [0, 0.1) is 11.6 Å². The molecule has 2 N–H and O–H groups in total. The Balaban J connectivity index is 2.04. The maximum atomic E-state index is 13.4. The molecule has 2 aromatic carbocycles. The third-order valence-electron chi connectivity index (χ3n) is 3.19. The van der Waals surface area contributed by atoms with E-state index >= 15 is 0 Å². The van der Waals surface area contributed by atoms with Crippen LogP contribution >= 0.6 is 0 Å². The lowest BCUT2D eigenvalue weighted by molar-refractivity contribution is 0.292. The van der Waals surface area contributed by atoms with Crippen LogP contribution in [-0.4, -0.2) is 0 Å². The van der Waals surface area contributed by atoms with Crippen LogP contribution < -0.4 is 10.5 Å². The fourth-order valence-corrected chi connectivity index (χ4v) is 1.87. The predicted octanol–water partition coefficient (Wildman–Crippen LogP) is 3.95. The van der Waals surface area contributed by atoms with E-state index in [1.54, 1.807) is 12.1 Å². The number of ether oxygens (including phenoxy) is 1. The standard InChI is InChI=1S/C16H17F2NO/c1-2-16(19)11-6-8-12(9-7-11)20-10-13-14(17)4-3-5-15(13)18/h3-9,16H,2,10,19H2,1H3. The van der Waals surface area contributed by atoms with Crippen molar-refractivity contribution in [3.63, 3.8) is 0 Å². The molecule has 0 amide bonds. The van der Waals surface area contributed by atoms with E-state index in [0.717, 1.165) is 12.0 Å². The van der Waals surface area contributed by atoms with Gasteiger partial charge in [0.1, 0.15) is 24.0 Å². The van der Waals surface area contributed by atoms with Gasteiger partial charge in [0.15, 0.2) is 0 Å². The van der Waals surface area contributed by atoms with Crippen LogP contribution in [0.1, 0.15) is 30.5 Å². The van der Waals surface area contributed by atoms with E-state index in [9.17, 15) is 8.78 Å². The Kier molecular flexibility index (Phi) is 4.69. The predicted molar refractivity (Wildman–Crippen MR) is 74.4 cm³/mol. The molecule has 4 heteroatoms. The number of nitrogens with two attached hydrogens (primary N) is 1. The minimum Gasteiger partial charge on any atom is -0.489 e. The normalized spacial score (nSPS) is 12.2. The number of benzene rings is 2. The Morgan fingerprint density at radius 3 is 2.20 bits per heavy atom. The van der Waals surface area contributed by atoms with Crippen molar-refractivity contribution in [2.75, 3.05) is 0 Å². The van der Waals surface area contributed by atoms with Gasteiger partial charge in [0.2, 0.25) is 0 Å². The highest BCUT2D eigenvalue weighted by molar-refractivity contribution is 5.29. The second-order valence-corrected chi connectivity index (χ2v) is 4.57. The highest BCUT2D eigenvalue weighted by atomic mass is 19.1. The summed E-state index contributed by atoms with van der Waals surface area (Å²) < 4.78 is 32.3. The molecule has 2 nitrogen and oxygen atoms in total. The van der Waals surface area contributed by atoms with Crippen molar-refractivity contribution >= 4 is 0 Å². The first-order chi connectivity index (χ1) is 9.61. The maximum Gasteiger partial charge on any atom is 0.132 e.